The smallest absolute Gasteiger partial charge is 0.203 e. The molecular weight excluding hydrogens is 318 g/mol. The van der Waals surface area contributed by atoms with Gasteiger partial charge in [0.05, 0.1) is 39.4 Å². The number of nitrogens with one attached hydrogen (secondary N) is 1. The summed E-state index contributed by atoms with van der Waals surface area (Å²) in [6, 6.07) is 3.65. The topological polar surface area (TPSA) is 65.5 Å². The molecule has 25 heavy (non-hydrogen) atoms. The van der Waals surface area contributed by atoms with Crippen molar-refractivity contribution < 1.29 is 14.2 Å². The van der Waals surface area contributed by atoms with Crippen molar-refractivity contribution in [1.82, 2.24) is 9.97 Å². The van der Waals surface area contributed by atoms with E-state index in [1.165, 1.54) is 12.8 Å². The molecule has 1 heterocycles. The Morgan fingerprint density at radius 1 is 1.04 bits per heavy atom. The van der Waals surface area contributed by atoms with Crippen molar-refractivity contribution >= 4 is 17.6 Å². The third kappa shape index (κ3) is 5.11. The number of ether oxygens (including phenoxy) is 3. The van der Waals surface area contributed by atoms with Crippen LogP contribution in [0.15, 0.2) is 30.6 Å². The van der Waals surface area contributed by atoms with E-state index < -0.39 is 0 Å². The van der Waals surface area contributed by atoms with Gasteiger partial charge in [0.2, 0.25) is 5.75 Å². The maximum absolute atomic E-state index is 5.36. The summed E-state index contributed by atoms with van der Waals surface area (Å²) in [7, 11) is 4.75. The average Bonchev–Trinajstić information content (AvgIpc) is 2.64. The predicted octanol–water partition coefficient (Wildman–Crippen LogP) is 4.45. The zero-order chi connectivity index (χ0) is 18.1. The maximum Gasteiger partial charge on any atom is 0.203 e. The first-order valence-corrected chi connectivity index (χ1v) is 8.27. The molecule has 6 nitrogen and oxygen atoms in total. The summed E-state index contributed by atoms with van der Waals surface area (Å²) < 4.78 is 16.1. The molecule has 0 radical (unpaired) electrons. The summed E-state index contributed by atoms with van der Waals surface area (Å²) in [5.74, 6) is 2.35. The Labute approximate surface area is 148 Å². The van der Waals surface area contributed by atoms with Crippen molar-refractivity contribution in [3.8, 4) is 17.2 Å². The second kappa shape index (κ2) is 9.52. The first kappa shape index (κ1) is 18.6. The van der Waals surface area contributed by atoms with Crippen molar-refractivity contribution in [3.05, 3.63) is 36.3 Å². The van der Waals surface area contributed by atoms with Gasteiger partial charge in [-0.3, -0.25) is 4.98 Å². The van der Waals surface area contributed by atoms with Crippen molar-refractivity contribution in [3.63, 3.8) is 0 Å². The minimum atomic E-state index is 0.550. The Kier molecular flexibility index (Phi) is 7.07. The SMILES string of the molecule is CCCC/C=C/c1cncc(Nc2cc(OC)c(OC)c(OC)c2)n1. The lowest BCUT2D eigenvalue weighted by atomic mass is 10.2. The highest BCUT2D eigenvalue weighted by Crippen LogP contribution is 2.40. The van der Waals surface area contributed by atoms with Crippen molar-refractivity contribution in [2.45, 2.75) is 26.2 Å². The van der Waals surface area contributed by atoms with E-state index in [1.807, 2.05) is 18.2 Å². The van der Waals surface area contributed by atoms with Crippen LogP contribution in [0.5, 0.6) is 17.2 Å². The van der Waals surface area contributed by atoms with Crippen LogP contribution in [0.2, 0.25) is 0 Å². The van der Waals surface area contributed by atoms with Gasteiger partial charge in [-0.25, -0.2) is 4.98 Å². The van der Waals surface area contributed by atoms with Gasteiger partial charge >= 0.3 is 0 Å². The van der Waals surface area contributed by atoms with Gasteiger partial charge in [-0.05, 0) is 12.5 Å². The first-order chi connectivity index (χ1) is 12.2. The van der Waals surface area contributed by atoms with E-state index in [-0.39, 0.29) is 0 Å². The average molecular weight is 343 g/mol. The van der Waals surface area contributed by atoms with Crippen LogP contribution >= 0.6 is 0 Å². The van der Waals surface area contributed by atoms with Crippen LogP contribution in [-0.4, -0.2) is 31.3 Å². The Morgan fingerprint density at radius 2 is 1.76 bits per heavy atom. The minimum absolute atomic E-state index is 0.550. The summed E-state index contributed by atoms with van der Waals surface area (Å²) in [5.41, 5.74) is 1.59. The standard InChI is InChI=1S/C19H25N3O3/c1-5-6-7-8-9-14-12-20-13-18(21-14)22-15-10-16(23-2)19(25-4)17(11-15)24-3/h8-13H,5-7H2,1-4H3,(H,21,22)/b9-8+. The van der Waals surface area contributed by atoms with E-state index >= 15 is 0 Å². The lowest BCUT2D eigenvalue weighted by Crippen LogP contribution is -1.99. The second-order valence-corrected chi connectivity index (χ2v) is 5.41. The molecule has 0 saturated heterocycles. The normalized spacial score (nSPS) is 10.7. The first-order valence-electron chi connectivity index (χ1n) is 8.27. The molecule has 1 aromatic carbocycles. The van der Waals surface area contributed by atoms with Crippen LogP contribution in [0.3, 0.4) is 0 Å². The third-order valence-corrected chi connectivity index (χ3v) is 3.60. The lowest BCUT2D eigenvalue weighted by molar-refractivity contribution is 0.324. The Hall–Kier alpha value is -2.76. The van der Waals surface area contributed by atoms with Crippen molar-refractivity contribution in [2.75, 3.05) is 26.6 Å². The van der Waals surface area contributed by atoms with Gasteiger partial charge in [-0.1, -0.05) is 25.8 Å². The zero-order valence-electron chi connectivity index (χ0n) is 15.2. The van der Waals surface area contributed by atoms with Crippen LogP contribution in [0.1, 0.15) is 31.9 Å². The summed E-state index contributed by atoms with van der Waals surface area (Å²) in [6.07, 6.45) is 10.9. The number of rotatable bonds is 9. The van der Waals surface area contributed by atoms with Gasteiger partial charge in [0.25, 0.3) is 0 Å². The Morgan fingerprint density at radius 3 is 2.36 bits per heavy atom. The third-order valence-electron chi connectivity index (χ3n) is 3.60. The monoisotopic (exact) mass is 343 g/mol. The quantitative estimate of drug-likeness (QED) is 0.679. The van der Waals surface area contributed by atoms with E-state index in [1.54, 1.807) is 33.7 Å². The van der Waals surface area contributed by atoms with Crippen LogP contribution in [0.25, 0.3) is 6.08 Å². The second-order valence-electron chi connectivity index (χ2n) is 5.41. The van der Waals surface area contributed by atoms with E-state index in [9.17, 15) is 0 Å². The number of methoxy groups -OCH3 is 3. The molecule has 2 rings (SSSR count). The molecule has 0 fully saturated rings. The predicted molar refractivity (Wildman–Crippen MR) is 100.0 cm³/mol. The molecule has 0 aliphatic carbocycles. The summed E-state index contributed by atoms with van der Waals surface area (Å²) in [6.45, 7) is 2.18. The highest BCUT2D eigenvalue weighted by Gasteiger charge is 2.13. The molecule has 0 amide bonds. The molecule has 0 spiro atoms. The van der Waals surface area contributed by atoms with Crippen LogP contribution in [0, 0.1) is 0 Å². The molecule has 1 N–H and O–H groups in total. The van der Waals surface area contributed by atoms with E-state index in [4.69, 9.17) is 14.2 Å². The largest absolute Gasteiger partial charge is 0.493 e. The fourth-order valence-electron chi connectivity index (χ4n) is 2.35. The molecule has 0 aliphatic rings. The molecule has 2 aromatic rings. The van der Waals surface area contributed by atoms with Gasteiger partial charge in [-0.15, -0.1) is 0 Å². The fraction of sp³-hybridized carbons (Fsp3) is 0.368. The molecule has 6 heteroatoms. The Balaban J connectivity index is 2.20. The number of hydrogen-bond acceptors (Lipinski definition) is 6. The van der Waals surface area contributed by atoms with Crippen LogP contribution in [-0.2, 0) is 0 Å². The number of benzene rings is 1. The van der Waals surface area contributed by atoms with E-state index in [2.05, 4.69) is 28.3 Å². The molecule has 0 unspecified atom stereocenters. The van der Waals surface area contributed by atoms with Gasteiger partial charge in [-0.2, -0.15) is 0 Å². The summed E-state index contributed by atoms with van der Waals surface area (Å²) >= 11 is 0. The van der Waals surface area contributed by atoms with Gasteiger partial charge < -0.3 is 19.5 Å². The number of allylic oxidation sites excluding steroid dienone is 1. The molecule has 0 saturated carbocycles. The summed E-state index contributed by atoms with van der Waals surface area (Å²) in [5, 5.41) is 3.22. The zero-order valence-corrected chi connectivity index (χ0v) is 15.2. The van der Waals surface area contributed by atoms with Crippen LogP contribution in [0.4, 0.5) is 11.5 Å². The highest BCUT2D eigenvalue weighted by atomic mass is 16.5. The molecule has 1 aromatic heterocycles. The lowest BCUT2D eigenvalue weighted by Gasteiger charge is -2.14. The van der Waals surface area contributed by atoms with Crippen molar-refractivity contribution in [1.29, 1.82) is 0 Å². The fourth-order valence-corrected chi connectivity index (χ4v) is 2.35. The van der Waals surface area contributed by atoms with Crippen LogP contribution < -0.4 is 19.5 Å². The minimum Gasteiger partial charge on any atom is -0.493 e. The molecule has 134 valence electrons. The van der Waals surface area contributed by atoms with Crippen molar-refractivity contribution in [2.24, 2.45) is 0 Å². The maximum atomic E-state index is 5.36. The number of nitrogens with zero attached hydrogens (tertiary/aromatic N) is 2. The molecule has 0 bridgehead atoms. The van der Waals surface area contributed by atoms with Gasteiger partial charge in [0, 0.05) is 17.8 Å². The van der Waals surface area contributed by atoms with E-state index in [0.29, 0.717) is 23.1 Å². The highest BCUT2D eigenvalue weighted by molar-refractivity contribution is 5.66. The number of hydrogen-bond donors (Lipinski definition) is 1. The van der Waals surface area contributed by atoms with Gasteiger partial charge in [0.1, 0.15) is 5.82 Å². The van der Waals surface area contributed by atoms with E-state index in [0.717, 1.165) is 17.8 Å². The van der Waals surface area contributed by atoms with Gasteiger partial charge in [0.15, 0.2) is 11.5 Å². The summed E-state index contributed by atoms with van der Waals surface area (Å²) in [4.78, 5) is 8.78. The molecular formula is C19H25N3O3. The molecule has 0 atom stereocenters. The molecule has 0 aliphatic heterocycles. The Bertz CT molecular complexity index is 692. The number of anilines is 2. The number of aromatic nitrogens is 2. The number of unbranched alkanes of at least 4 members (excludes halogenated alkanes) is 2.